The summed E-state index contributed by atoms with van der Waals surface area (Å²) in [5, 5.41) is 5.29. The molecule has 2 N–H and O–H groups in total. The largest absolute Gasteiger partial charge is 0.325 e. The molecule has 1 saturated heterocycles. The summed E-state index contributed by atoms with van der Waals surface area (Å²) in [5.41, 5.74) is 0.227. The number of imide groups is 1. The van der Waals surface area contributed by atoms with Crippen molar-refractivity contribution in [3.05, 3.63) is 65.5 Å². The van der Waals surface area contributed by atoms with Crippen LogP contribution in [0.5, 0.6) is 0 Å². The van der Waals surface area contributed by atoms with Crippen molar-refractivity contribution >= 4 is 23.5 Å². The third-order valence-corrected chi connectivity index (χ3v) is 4.82. The highest BCUT2D eigenvalue weighted by Crippen LogP contribution is 2.33. The van der Waals surface area contributed by atoms with Crippen molar-refractivity contribution in [1.29, 1.82) is 0 Å². The number of anilines is 1. The number of aryl methyl sites for hydroxylation is 1. The third kappa shape index (κ3) is 3.60. The van der Waals surface area contributed by atoms with Crippen LogP contribution in [-0.2, 0) is 15.1 Å². The van der Waals surface area contributed by atoms with Crippen LogP contribution in [0, 0.1) is 12.7 Å². The van der Waals surface area contributed by atoms with Crippen molar-refractivity contribution in [2.75, 3.05) is 11.9 Å². The van der Waals surface area contributed by atoms with Crippen molar-refractivity contribution in [2.24, 2.45) is 0 Å². The molecule has 0 radical (unpaired) electrons. The minimum atomic E-state index is -1.18. The van der Waals surface area contributed by atoms with Gasteiger partial charge in [-0.3, -0.25) is 14.5 Å². The van der Waals surface area contributed by atoms with Gasteiger partial charge in [0.25, 0.3) is 5.91 Å². The molecule has 2 aromatic rings. The molecule has 6 nitrogen and oxygen atoms in total. The highest BCUT2D eigenvalue weighted by Gasteiger charge is 2.52. The lowest BCUT2D eigenvalue weighted by Crippen LogP contribution is -2.44. The molecule has 0 bridgehead atoms. The zero-order valence-corrected chi connectivity index (χ0v) is 15.8. The Morgan fingerprint density at radius 1 is 1.18 bits per heavy atom. The maximum absolute atomic E-state index is 13.7. The minimum Gasteiger partial charge on any atom is -0.324 e. The molecule has 0 spiro atoms. The van der Waals surface area contributed by atoms with Gasteiger partial charge in [0, 0.05) is 5.69 Å². The molecule has 1 aliphatic rings. The number of carbonyl (C=O) groups excluding carboxylic acids is 3. The Kier molecular flexibility index (Phi) is 5.44. The molecule has 7 heteroatoms. The van der Waals surface area contributed by atoms with E-state index in [0.29, 0.717) is 24.0 Å². The number of nitrogens with zero attached hydrogens (tertiary/aromatic N) is 1. The van der Waals surface area contributed by atoms with Crippen LogP contribution >= 0.6 is 0 Å². The molecule has 4 amide bonds. The summed E-state index contributed by atoms with van der Waals surface area (Å²) in [6.07, 6.45) is 1.09. The van der Waals surface area contributed by atoms with Crippen LogP contribution in [0.4, 0.5) is 14.9 Å². The van der Waals surface area contributed by atoms with E-state index >= 15 is 0 Å². The molecule has 3 rings (SSSR count). The lowest BCUT2D eigenvalue weighted by molar-refractivity contribution is -0.134. The van der Waals surface area contributed by atoms with Gasteiger partial charge in [0.1, 0.15) is 17.9 Å². The van der Waals surface area contributed by atoms with Gasteiger partial charge in [0.2, 0.25) is 5.91 Å². The fourth-order valence-corrected chi connectivity index (χ4v) is 3.39. The predicted molar refractivity (Wildman–Crippen MR) is 103 cm³/mol. The number of hydrogen-bond acceptors (Lipinski definition) is 3. The minimum absolute atomic E-state index is 0.267. The fraction of sp³-hybridized carbons (Fsp3) is 0.286. The number of halogens is 1. The lowest BCUT2D eigenvalue weighted by atomic mass is 9.85. The van der Waals surface area contributed by atoms with Crippen LogP contribution in [-0.4, -0.2) is 29.3 Å². The molecule has 1 aliphatic heterocycles. The second kappa shape index (κ2) is 7.80. The van der Waals surface area contributed by atoms with Gasteiger partial charge in [0.05, 0.1) is 0 Å². The van der Waals surface area contributed by atoms with E-state index in [1.54, 1.807) is 43.3 Å². The summed E-state index contributed by atoms with van der Waals surface area (Å²) < 4.78 is 13.7. The highest BCUT2D eigenvalue weighted by atomic mass is 19.1. The standard InChI is InChI=1S/C21H22FN3O3/c1-3-11-21(15-7-5-4-6-8-15)19(27)25(20(28)24-21)13-18(26)23-16-10-9-14(2)17(22)12-16/h4-10,12H,3,11,13H2,1-2H3,(H,23,26)(H,24,28)/t21-/m1/s1. The lowest BCUT2D eigenvalue weighted by Gasteiger charge is -2.26. The molecule has 2 aromatic carbocycles. The van der Waals surface area contributed by atoms with E-state index in [1.165, 1.54) is 6.07 Å². The number of benzene rings is 2. The van der Waals surface area contributed by atoms with E-state index in [9.17, 15) is 18.8 Å². The number of amides is 4. The molecule has 1 fully saturated rings. The summed E-state index contributed by atoms with van der Waals surface area (Å²) in [6, 6.07) is 12.7. The average Bonchev–Trinajstić information content (AvgIpc) is 2.91. The summed E-state index contributed by atoms with van der Waals surface area (Å²) in [7, 11) is 0. The Morgan fingerprint density at radius 3 is 2.54 bits per heavy atom. The van der Waals surface area contributed by atoms with E-state index in [0.717, 1.165) is 4.90 Å². The van der Waals surface area contributed by atoms with Gasteiger partial charge in [-0.1, -0.05) is 49.7 Å². The number of rotatable bonds is 6. The van der Waals surface area contributed by atoms with Crippen LogP contribution in [0.25, 0.3) is 0 Å². The average molecular weight is 383 g/mol. The first-order chi connectivity index (χ1) is 13.4. The first-order valence-corrected chi connectivity index (χ1v) is 9.13. The molecule has 0 saturated carbocycles. The van der Waals surface area contributed by atoms with Crippen LogP contribution in [0.2, 0.25) is 0 Å². The van der Waals surface area contributed by atoms with Crippen molar-refractivity contribution in [3.63, 3.8) is 0 Å². The van der Waals surface area contributed by atoms with Crippen molar-refractivity contribution in [3.8, 4) is 0 Å². The molecule has 0 aliphatic carbocycles. The van der Waals surface area contributed by atoms with E-state index in [1.807, 2.05) is 13.0 Å². The summed E-state index contributed by atoms with van der Waals surface area (Å²) in [4.78, 5) is 38.9. The van der Waals surface area contributed by atoms with Crippen molar-refractivity contribution in [1.82, 2.24) is 10.2 Å². The molecule has 0 unspecified atom stereocenters. The number of urea groups is 1. The first-order valence-electron chi connectivity index (χ1n) is 9.13. The maximum atomic E-state index is 13.7. The van der Waals surface area contributed by atoms with Crippen molar-refractivity contribution < 1.29 is 18.8 Å². The molecule has 0 aromatic heterocycles. The third-order valence-electron chi connectivity index (χ3n) is 4.82. The first kappa shape index (κ1) is 19.5. The van der Waals surface area contributed by atoms with Gasteiger partial charge in [0.15, 0.2) is 0 Å². The summed E-state index contributed by atoms with van der Waals surface area (Å²) in [5.74, 6) is -1.48. The van der Waals surface area contributed by atoms with Gasteiger partial charge < -0.3 is 10.6 Å². The highest BCUT2D eigenvalue weighted by molar-refractivity contribution is 6.10. The summed E-state index contributed by atoms with van der Waals surface area (Å²) in [6.45, 7) is 3.09. The number of hydrogen-bond donors (Lipinski definition) is 2. The van der Waals surface area contributed by atoms with Crippen molar-refractivity contribution in [2.45, 2.75) is 32.2 Å². The van der Waals surface area contributed by atoms with E-state index in [2.05, 4.69) is 10.6 Å². The zero-order valence-electron chi connectivity index (χ0n) is 15.8. The van der Waals surface area contributed by atoms with Crippen LogP contribution in [0.1, 0.15) is 30.9 Å². The van der Waals surface area contributed by atoms with Gasteiger partial charge in [-0.15, -0.1) is 0 Å². The smallest absolute Gasteiger partial charge is 0.324 e. The van der Waals surface area contributed by atoms with Gasteiger partial charge in [-0.05, 0) is 36.6 Å². The second-order valence-electron chi connectivity index (χ2n) is 6.85. The molecule has 1 heterocycles. The van der Waals surface area contributed by atoms with Crippen LogP contribution in [0.3, 0.4) is 0 Å². The normalized spacial score (nSPS) is 18.9. The predicted octanol–water partition coefficient (Wildman–Crippen LogP) is 3.32. The molecule has 146 valence electrons. The van der Waals surface area contributed by atoms with E-state index < -0.39 is 35.7 Å². The van der Waals surface area contributed by atoms with E-state index in [4.69, 9.17) is 0 Å². The summed E-state index contributed by atoms with van der Waals surface area (Å²) >= 11 is 0. The quantitative estimate of drug-likeness (QED) is 0.751. The van der Waals surface area contributed by atoms with Crippen LogP contribution < -0.4 is 10.6 Å². The van der Waals surface area contributed by atoms with Gasteiger partial charge in [-0.2, -0.15) is 0 Å². The Hall–Kier alpha value is -3.22. The fourth-order valence-electron chi connectivity index (χ4n) is 3.39. The Morgan fingerprint density at radius 2 is 1.89 bits per heavy atom. The van der Waals surface area contributed by atoms with Gasteiger partial charge >= 0.3 is 6.03 Å². The number of carbonyl (C=O) groups is 3. The maximum Gasteiger partial charge on any atom is 0.325 e. The van der Waals surface area contributed by atoms with Gasteiger partial charge in [-0.25, -0.2) is 9.18 Å². The SMILES string of the molecule is CCC[C@]1(c2ccccc2)NC(=O)N(CC(=O)Nc2ccc(C)c(F)c2)C1=O. The number of nitrogens with one attached hydrogen (secondary N) is 2. The Balaban J connectivity index is 1.79. The zero-order chi connectivity index (χ0) is 20.3. The molecule has 28 heavy (non-hydrogen) atoms. The monoisotopic (exact) mass is 383 g/mol. The van der Waals surface area contributed by atoms with E-state index in [-0.39, 0.29) is 5.69 Å². The molecular weight excluding hydrogens is 361 g/mol. The second-order valence-corrected chi connectivity index (χ2v) is 6.85. The molecular formula is C21H22FN3O3. The molecule has 1 atom stereocenters. The Labute approximate surface area is 162 Å². The van der Waals surface area contributed by atoms with Crippen LogP contribution in [0.15, 0.2) is 48.5 Å². The Bertz CT molecular complexity index is 916. The topological polar surface area (TPSA) is 78.5 Å².